The van der Waals surface area contributed by atoms with Gasteiger partial charge in [-0.1, -0.05) is 12.1 Å². The number of hydrogen-bond acceptors (Lipinski definition) is 3. The van der Waals surface area contributed by atoms with E-state index in [1.807, 2.05) is 4.90 Å². The molecular weight excluding hydrogens is 405 g/mol. The summed E-state index contributed by atoms with van der Waals surface area (Å²) in [6.45, 7) is 3.19. The Labute approximate surface area is 174 Å². The van der Waals surface area contributed by atoms with E-state index in [0.29, 0.717) is 18.6 Å². The third kappa shape index (κ3) is 4.77. The molecule has 0 radical (unpaired) electrons. The molecule has 1 aromatic rings. The van der Waals surface area contributed by atoms with Gasteiger partial charge >= 0.3 is 6.18 Å². The molecule has 4 nitrogen and oxygen atoms in total. The smallest absolute Gasteiger partial charge is 0.340 e. The Balaban J connectivity index is 0.00000240. The lowest BCUT2D eigenvalue weighted by atomic mass is 10.0. The zero-order valence-electron chi connectivity index (χ0n) is 16.2. The van der Waals surface area contributed by atoms with Crippen LogP contribution in [0.5, 0.6) is 0 Å². The predicted octanol–water partition coefficient (Wildman–Crippen LogP) is 4.18. The van der Waals surface area contributed by atoms with Gasteiger partial charge in [-0.15, -0.1) is 12.4 Å². The van der Waals surface area contributed by atoms with Crippen LogP contribution in [0, 0.1) is 5.92 Å². The van der Waals surface area contributed by atoms with Gasteiger partial charge in [-0.05, 0) is 43.7 Å². The largest absolute Gasteiger partial charge is 0.416 e. The first-order valence-corrected chi connectivity index (χ1v) is 10.0. The van der Waals surface area contributed by atoms with Crippen LogP contribution in [-0.4, -0.2) is 53.2 Å². The van der Waals surface area contributed by atoms with Crippen molar-refractivity contribution in [2.24, 2.45) is 5.92 Å². The van der Waals surface area contributed by atoms with E-state index in [1.54, 1.807) is 0 Å². The highest BCUT2D eigenvalue weighted by Crippen LogP contribution is 2.57. The number of amides is 1. The van der Waals surface area contributed by atoms with E-state index in [1.165, 1.54) is 37.8 Å². The van der Waals surface area contributed by atoms with Gasteiger partial charge in [0.05, 0.1) is 5.56 Å². The Kier molecular flexibility index (Phi) is 6.30. The molecule has 3 fully saturated rings. The van der Waals surface area contributed by atoms with Crippen LogP contribution in [0.15, 0.2) is 24.3 Å². The van der Waals surface area contributed by atoms with E-state index >= 15 is 0 Å². The minimum Gasteiger partial charge on any atom is -0.340 e. The molecular formula is C21H26ClF3N2O2. The number of piperazine rings is 1. The summed E-state index contributed by atoms with van der Waals surface area (Å²) in [6.07, 6.45) is 0.958. The molecule has 2 aliphatic carbocycles. The Morgan fingerprint density at radius 1 is 0.966 bits per heavy atom. The molecule has 0 spiro atoms. The molecule has 0 unspecified atom stereocenters. The number of rotatable bonds is 6. The second kappa shape index (κ2) is 8.26. The Hall–Kier alpha value is -1.60. The van der Waals surface area contributed by atoms with E-state index in [4.69, 9.17) is 0 Å². The van der Waals surface area contributed by atoms with E-state index in [9.17, 15) is 22.8 Å². The molecule has 2 saturated carbocycles. The average molecular weight is 431 g/mol. The first-order valence-electron chi connectivity index (χ1n) is 10.0. The van der Waals surface area contributed by atoms with Crippen LogP contribution in [-0.2, 0) is 11.0 Å². The second-order valence-electron chi connectivity index (χ2n) is 8.24. The second-order valence-corrected chi connectivity index (χ2v) is 8.24. The van der Waals surface area contributed by atoms with Crippen molar-refractivity contribution in [3.63, 3.8) is 0 Å². The average Bonchev–Trinajstić information content (AvgIpc) is 3.57. The highest BCUT2D eigenvalue weighted by atomic mass is 35.5. The van der Waals surface area contributed by atoms with Crippen LogP contribution in [0.25, 0.3) is 0 Å². The third-order valence-corrected chi connectivity index (χ3v) is 6.46. The lowest BCUT2D eigenvalue weighted by molar-refractivity contribution is -0.137. The lowest BCUT2D eigenvalue weighted by Crippen LogP contribution is -2.53. The van der Waals surface area contributed by atoms with Gasteiger partial charge in [0.2, 0.25) is 5.91 Å². The maximum absolute atomic E-state index is 12.6. The monoisotopic (exact) mass is 430 g/mol. The number of carbonyl (C=O) groups is 2. The molecule has 0 N–H and O–H groups in total. The lowest BCUT2D eigenvalue weighted by Gasteiger charge is -2.40. The molecule has 3 aliphatic rings. The number of ketones is 1. The van der Waals surface area contributed by atoms with Crippen LogP contribution in [0.4, 0.5) is 13.2 Å². The Bertz CT molecular complexity index is 750. The minimum atomic E-state index is -4.42. The van der Waals surface area contributed by atoms with Gasteiger partial charge in [0.15, 0.2) is 5.78 Å². The normalized spacial score (nSPS) is 21.4. The molecule has 0 aromatic heterocycles. The van der Waals surface area contributed by atoms with Crippen molar-refractivity contribution >= 4 is 24.1 Å². The standard InChI is InChI=1S/C21H25F3N2O2.ClH/c22-21(23,24)17-3-1-15(2-4-17)18(27)7-8-19(28)25-11-13-26(14-12-25)20(9-10-20)16-5-6-16;/h1-4,16H,5-14H2;1H. The molecule has 1 aliphatic heterocycles. The van der Waals surface area contributed by atoms with Gasteiger partial charge < -0.3 is 4.90 Å². The van der Waals surface area contributed by atoms with E-state index in [2.05, 4.69) is 4.90 Å². The number of halogens is 4. The first-order chi connectivity index (χ1) is 13.3. The summed E-state index contributed by atoms with van der Waals surface area (Å²) in [7, 11) is 0. The molecule has 160 valence electrons. The van der Waals surface area contributed by atoms with Crippen molar-refractivity contribution in [1.29, 1.82) is 0 Å². The van der Waals surface area contributed by atoms with Gasteiger partial charge in [0.1, 0.15) is 0 Å². The van der Waals surface area contributed by atoms with Gasteiger partial charge in [-0.2, -0.15) is 13.2 Å². The van der Waals surface area contributed by atoms with Gasteiger partial charge in [0, 0.05) is 50.1 Å². The number of nitrogens with zero attached hydrogens (tertiary/aromatic N) is 2. The van der Waals surface area contributed by atoms with Gasteiger partial charge in [0.25, 0.3) is 0 Å². The molecule has 1 aromatic carbocycles. The molecule has 4 rings (SSSR count). The fraction of sp³-hybridized carbons (Fsp3) is 0.619. The summed E-state index contributed by atoms with van der Waals surface area (Å²) in [5.41, 5.74) is -0.142. The SMILES string of the molecule is Cl.O=C(CCC(=O)N1CCN(C2(C3CC3)CC2)CC1)c1ccc(C(F)(F)F)cc1. The third-order valence-electron chi connectivity index (χ3n) is 6.46. The maximum atomic E-state index is 12.6. The summed E-state index contributed by atoms with van der Waals surface area (Å²) < 4.78 is 37.8. The van der Waals surface area contributed by atoms with Crippen molar-refractivity contribution in [2.75, 3.05) is 26.2 Å². The number of Topliss-reactive ketones (excluding diaryl/α,β-unsaturated/α-hetero) is 1. The predicted molar refractivity (Wildman–Crippen MR) is 105 cm³/mol. The van der Waals surface area contributed by atoms with Crippen LogP contribution < -0.4 is 0 Å². The summed E-state index contributed by atoms with van der Waals surface area (Å²) in [5.74, 6) is 0.513. The van der Waals surface area contributed by atoms with E-state index < -0.39 is 11.7 Å². The van der Waals surface area contributed by atoms with Crippen molar-refractivity contribution < 1.29 is 22.8 Å². The zero-order valence-corrected chi connectivity index (χ0v) is 17.0. The molecule has 1 amide bonds. The fourth-order valence-electron chi connectivity index (χ4n) is 4.50. The summed E-state index contributed by atoms with van der Waals surface area (Å²) in [5, 5.41) is 0. The Morgan fingerprint density at radius 2 is 1.55 bits per heavy atom. The summed E-state index contributed by atoms with van der Waals surface area (Å²) >= 11 is 0. The molecule has 1 heterocycles. The Morgan fingerprint density at radius 3 is 2.03 bits per heavy atom. The van der Waals surface area contributed by atoms with Crippen molar-refractivity contribution in [3.8, 4) is 0 Å². The van der Waals surface area contributed by atoms with E-state index in [0.717, 1.165) is 31.1 Å². The number of alkyl halides is 3. The van der Waals surface area contributed by atoms with Crippen LogP contribution in [0.2, 0.25) is 0 Å². The van der Waals surface area contributed by atoms with Crippen molar-refractivity contribution in [2.45, 2.75) is 50.2 Å². The first kappa shape index (κ1) is 22.1. The summed E-state index contributed by atoms with van der Waals surface area (Å²) in [4.78, 5) is 29.0. The summed E-state index contributed by atoms with van der Waals surface area (Å²) in [6, 6.07) is 4.17. The molecule has 29 heavy (non-hydrogen) atoms. The van der Waals surface area contributed by atoms with Crippen LogP contribution in [0.3, 0.4) is 0 Å². The van der Waals surface area contributed by atoms with Gasteiger partial charge in [-0.3, -0.25) is 14.5 Å². The highest BCUT2D eigenvalue weighted by Gasteiger charge is 2.57. The quantitative estimate of drug-likeness (QED) is 0.636. The van der Waals surface area contributed by atoms with Crippen LogP contribution in [0.1, 0.15) is 54.4 Å². The number of carbonyl (C=O) groups excluding carboxylic acids is 2. The minimum absolute atomic E-state index is 0. The number of benzene rings is 1. The fourth-order valence-corrected chi connectivity index (χ4v) is 4.50. The molecule has 0 bridgehead atoms. The highest BCUT2D eigenvalue weighted by molar-refractivity contribution is 5.98. The zero-order chi connectivity index (χ0) is 19.9. The molecule has 8 heteroatoms. The van der Waals surface area contributed by atoms with Crippen molar-refractivity contribution in [3.05, 3.63) is 35.4 Å². The van der Waals surface area contributed by atoms with E-state index in [-0.39, 0.29) is 42.5 Å². The van der Waals surface area contributed by atoms with Crippen LogP contribution >= 0.6 is 12.4 Å². The molecule has 1 saturated heterocycles. The van der Waals surface area contributed by atoms with Crippen molar-refractivity contribution in [1.82, 2.24) is 9.80 Å². The molecule has 0 atom stereocenters. The topological polar surface area (TPSA) is 40.6 Å². The maximum Gasteiger partial charge on any atom is 0.416 e. The van der Waals surface area contributed by atoms with Gasteiger partial charge in [-0.25, -0.2) is 0 Å². The number of hydrogen-bond donors (Lipinski definition) is 0.